The molecule has 3 nitrogen and oxygen atoms in total. The van der Waals surface area contributed by atoms with Crippen molar-refractivity contribution in [2.45, 2.75) is 18.3 Å². The van der Waals surface area contributed by atoms with Gasteiger partial charge in [-0.15, -0.1) is 0 Å². The van der Waals surface area contributed by atoms with Crippen molar-refractivity contribution in [3.63, 3.8) is 0 Å². The highest BCUT2D eigenvalue weighted by molar-refractivity contribution is 6.23. The summed E-state index contributed by atoms with van der Waals surface area (Å²) in [6, 6.07) is 41.9. The number of halogens is 6. The highest BCUT2D eigenvalue weighted by Crippen LogP contribution is 2.48. The van der Waals surface area contributed by atoms with Crippen LogP contribution in [0.15, 0.2) is 133 Å². The van der Waals surface area contributed by atoms with Gasteiger partial charge in [0.1, 0.15) is 6.07 Å². The number of para-hydroxylation sites is 2. The lowest BCUT2D eigenvalue weighted by atomic mass is 9.95. The second-order valence-corrected chi connectivity index (χ2v) is 11.9. The number of nitrogens with zero attached hydrogens (tertiary/aromatic N) is 3. The molecule has 49 heavy (non-hydrogen) atoms. The maximum Gasteiger partial charge on any atom is 0.404 e. The Kier molecular flexibility index (Phi) is 6.83. The minimum Gasteiger partial charge on any atom is -0.307 e. The summed E-state index contributed by atoms with van der Waals surface area (Å²) >= 11 is 0. The number of alkyl halides is 6. The lowest BCUT2D eigenvalue weighted by molar-refractivity contribution is -0.253. The van der Waals surface area contributed by atoms with Crippen LogP contribution in [0.2, 0.25) is 0 Å². The number of aromatic nitrogens is 2. The normalized spacial score (nSPS) is 12.4. The molecule has 0 saturated heterocycles. The van der Waals surface area contributed by atoms with Crippen LogP contribution in [0.25, 0.3) is 66.1 Å². The molecule has 0 saturated carbocycles. The fraction of sp³-hybridized carbons (Fsp3) is 0.0750. The molecule has 0 radical (unpaired) electrons. The van der Waals surface area contributed by atoms with E-state index in [1.807, 2.05) is 109 Å². The van der Waals surface area contributed by atoms with Crippen molar-refractivity contribution in [3.8, 4) is 28.6 Å². The Morgan fingerprint density at radius 3 is 1.67 bits per heavy atom. The molecule has 8 rings (SSSR count). The van der Waals surface area contributed by atoms with Crippen LogP contribution in [-0.2, 0) is 0 Å². The third-order valence-corrected chi connectivity index (χ3v) is 9.05. The van der Waals surface area contributed by atoms with Crippen LogP contribution in [-0.4, -0.2) is 21.5 Å². The fourth-order valence-electron chi connectivity index (χ4n) is 7.06. The molecule has 0 aliphatic heterocycles. The average molecular weight is 660 g/mol. The van der Waals surface area contributed by atoms with Crippen molar-refractivity contribution in [3.05, 3.63) is 145 Å². The maximum absolute atomic E-state index is 13.7. The minimum atomic E-state index is -5.60. The summed E-state index contributed by atoms with van der Waals surface area (Å²) in [5.41, 5.74) is 4.66. The van der Waals surface area contributed by atoms with Crippen molar-refractivity contribution < 1.29 is 26.3 Å². The van der Waals surface area contributed by atoms with E-state index in [0.29, 0.717) is 17.1 Å². The zero-order chi connectivity index (χ0) is 34.1. The molecule has 240 valence electrons. The number of fused-ring (bicyclic) bond motifs is 7. The van der Waals surface area contributed by atoms with Crippen molar-refractivity contribution >= 4 is 43.6 Å². The van der Waals surface area contributed by atoms with Crippen LogP contribution in [0.3, 0.4) is 0 Å². The summed E-state index contributed by atoms with van der Waals surface area (Å²) in [5.74, 6) is -3.73. The molecule has 8 aromatic rings. The second kappa shape index (κ2) is 11.0. The van der Waals surface area contributed by atoms with Gasteiger partial charge in [-0.3, -0.25) is 0 Å². The zero-order valence-electron chi connectivity index (χ0n) is 25.4. The first-order chi connectivity index (χ1) is 23.6. The van der Waals surface area contributed by atoms with Crippen LogP contribution in [0.5, 0.6) is 0 Å². The van der Waals surface area contributed by atoms with Crippen LogP contribution >= 0.6 is 0 Å². The SMILES string of the molecule is N#Cc1cc(C(C(F)(F)F)C(F)(F)F)ccc1-n1c2ccccc2c2ccc3c4ccccc4n(-c4cccc(-c5ccccc5)c4)c3c21. The van der Waals surface area contributed by atoms with E-state index in [0.717, 1.165) is 55.5 Å². The summed E-state index contributed by atoms with van der Waals surface area (Å²) < 4.78 is 86.3. The number of hydrogen-bond donors (Lipinski definition) is 0. The van der Waals surface area contributed by atoms with E-state index in [-0.39, 0.29) is 11.3 Å². The van der Waals surface area contributed by atoms with Crippen LogP contribution < -0.4 is 0 Å². The summed E-state index contributed by atoms with van der Waals surface area (Å²) in [5, 5.41) is 13.7. The van der Waals surface area contributed by atoms with E-state index in [2.05, 4.69) is 10.6 Å². The van der Waals surface area contributed by atoms with Crippen molar-refractivity contribution in [1.29, 1.82) is 5.26 Å². The van der Waals surface area contributed by atoms with Gasteiger partial charge in [0.2, 0.25) is 0 Å². The van der Waals surface area contributed by atoms with Crippen LogP contribution in [0, 0.1) is 11.3 Å². The lowest BCUT2D eigenvalue weighted by Crippen LogP contribution is -2.34. The van der Waals surface area contributed by atoms with Gasteiger partial charge in [-0.05, 0) is 53.1 Å². The number of nitriles is 1. The lowest BCUT2D eigenvalue weighted by Gasteiger charge is -2.24. The monoisotopic (exact) mass is 659 g/mol. The maximum atomic E-state index is 13.7. The van der Waals surface area contributed by atoms with Gasteiger partial charge in [-0.25, -0.2) is 0 Å². The van der Waals surface area contributed by atoms with E-state index in [1.54, 1.807) is 10.6 Å². The van der Waals surface area contributed by atoms with E-state index in [9.17, 15) is 31.6 Å². The van der Waals surface area contributed by atoms with Gasteiger partial charge >= 0.3 is 12.4 Å². The van der Waals surface area contributed by atoms with Crippen LogP contribution in [0.4, 0.5) is 26.3 Å². The first-order valence-electron chi connectivity index (χ1n) is 15.4. The highest BCUT2D eigenvalue weighted by atomic mass is 19.4. The molecule has 0 N–H and O–H groups in total. The fourth-order valence-corrected chi connectivity index (χ4v) is 7.06. The minimum absolute atomic E-state index is 0.169. The van der Waals surface area contributed by atoms with Crippen molar-refractivity contribution in [2.24, 2.45) is 0 Å². The van der Waals surface area contributed by atoms with E-state index < -0.39 is 23.8 Å². The first-order valence-corrected chi connectivity index (χ1v) is 15.4. The Hall–Kier alpha value is -6.01. The second-order valence-electron chi connectivity index (χ2n) is 11.9. The van der Waals surface area contributed by atoms with Gasteiger partial charge in [-0.2, -0.15) is 31.6 Å². The summed E-state index contributed by atoms with van der Waals surface area (Å²) in [6.45, 7) is 0. The van der Waals surface area contributed by atoms with Gasteiger partial charge in [-0.1, -0.05) is 97.1 Å². The third-order valence-electron chi connectivity index (χ3n) is 9.05. The molecule has 0 spiro atoms. The van der Waals surface area contributed by atoms with Crippen molar-refractivity contribution in [1.82, 2.24) is 9.13 Å². The molecule has 9 heteroatoms. The Morgan fingerprint density at radius 2 is 1.06 bits per heavy atom. The predicted octanol–water partition coefficient (Wildman–Crippen LogP) is 11.6. The van der Waals surface area contributed by atoms with Crippen LogP contribution in [0.1, 0.15) is 17.0 Å². The Labute approximate surface area is 275 Å². The predicted molar refractivity (Wildman–Crippen MR) is 180 cm³/mol. The molecule has 2 aromatic heterocycles. The largest absolute Gasteiger partial charge is 0.404 e. The molecule has 0 amide bonds. The molecular formula is C40H23F6N3. The Bertz CT molecular complexity index is 2590. The molecule has 6 aromatic carbocycles. The molecule has 0 atom stereocenters. The van der Waals surface area contributed by atoms with Gasteiger partial charge < -0.3 is 9.13 Å². The van der Waals surface area contributed by atoms with E-state index in [4.69, 9.17) is 0 Å². The third kappa shape index (κ3) is 4.82. The molecule has 0 aliphatic carbocycles. The van der Waals surface area contributed by atoms with Gasteiger partial charge in [0, 0.05) is 27.2 Å². The summed E-state index contributed by atoms with van der Waals surface area (Å²) in [6.07, 6.45) is -11.2. The van der Waals surface area contributed by atoms with Gasteiger partial charge in [0.25, 0.3) is 0 Å². The highest BCUT2D eigenvalue weighted by Gasteiger charge is 2.57. The Morgan fingerprint density at radius 1 is 0.510 bits per heavy atom. The van der Waals surface area contributed by atoms with Gasteiger partial charge in [0.05, 0.1) is 33.3 Å². The molecule has 0 aliphatic rings. The van der Waals surface area contributed by atoms with E-state index >= 15 is 0 Å². The topological polar surface area (TPSA) is 33.6 Å². The summed E-state index contributed by atoms with van der Waals surface area (Å²) in [7, 11) is 0. The zero-order valence-corrected chi connectivity index (χ0v) is 25.4. The Balaban J connectivity index is 1.49. The average Bonchev–Trinajstić information content (AvgIpc) is 3.60. The molecule has 0 bridgehead atoms. The van der Waals surface area contributed by atoms with Crippen molar-refractivity contribution in [2.75, 3.05) is 0 Å². The molecular weight excluding hydrogens is 636 g/mol. The first kappa shape index (κ1) is 30.3. The number of benzene rings is 6. The standard InChI is InChI=1S/C40H23F6N3/c41-39(42,43)38(40(44,45)46)26-17-20-33(27(21-26)23-47)49-35-16-7-5-14-30(35)32-19-18-31-29-13-4-6-15-34(29)48(36(31)37(32)49)28-12-8-11-25(22-28)24-9-2-1-3-10-24/h1-22,38H. The van der Waals surface area contributed by atoms with Gasteiger partial charge in [0.15, 0.2) is 5.92 Å². The number of hydrogen-bond acceptors (Lipinski definition) is 1. The quantitative estimate of drug-likeness (QED) is 0.173. The number of rotatable bonds is 4. The molecule has 0 unspecified atom stereocenters. The smallest absolute Gasteiger partial charge is 0.307 e. The molecule has 0 fully saturated rings. The van der Waals surface area contributed by atoms with E-state index in [1.165, 1.54) is 6.07 Å². The molecule has 2 heterocycles. The summed E-state index contributed by atoms with van der Waals surface area (Å²) in [4.78, 5) is 0.